The van der Waals surface area contributed by atoms with Gasteiger partial charge in [-0.25, -0.2) is 0 Å². The molecule has 21 heavy (non-hydrogen) atoms. The summed E-state index contributed by atoms with van der Waals surface area (Å²) in [5, 5.41) is 0. The maximum Gasteiger partial charge on any atom is 0.324 e. The lowest BCUT2D eigenvalue weighted by molar-refractivity contribution is -0.139. The van der Waals surface area contributed by atoms with E-state index in [1.54, 1.807) is 12.1 Å². The van der Waals surface area contributed by atoms with Gasteiger partial charge in [0.15, 0.2) is 13.6 Å². The molecule has 1 unspecified atom stereocenters. The van der Waals surface area contributed by atoms with Gasteiger partial charge in [0.05, 0.1) is 10.7 Å². The number of carbonyl (C=O) groups excluding carboxylic acids is 1. The normalized spacial score (nSPS) is 11.9. The summed E-state index contributed by atoms with van der Waals surface area (Å²) in [6, 6.07) is 3.44. The fourth-order valence-corrected chi connectivity index (χ4v) is 3.20. The second kappa shape index (κ2) is 9.44. The van der Waals surface area contributed by atoms with Crippen LogP contribution in [0, 0.1) is 3.57 Å². The fraction of sp³-hybridized carbons (Fsp3) is 0.462. The molecule has 8 heteroatoms. The average molecular weight is 475 g/mol. The van der Waals surface area contributed by atoms with Gasteiger partial charge in [-0.2, -0.15) is 0 Å². The van der Waals surface area contributed by atoms with E-state index >= 15 is 0 Å². The minimum atomic E-state index is -0.620. The predicted octanol–water partition coefficient (Wildman–Crippen LogP) is 2.87. The van der Waals surface area contributed by atoms with Gasteiger partial charge in [0.2, 0.25) is 0 Å². The van der Waals surface area contributed by atoms with Gasteiger partial charge >= 0.3 is 5.97 Å². The number of alkyl halides is 1. The first kappa shape index (κ1) is 18.5. The number of carbonyl (C=O) groups is 1. The van der Waals surface area contributed by atoms with E-state index in [1.165, 1.54) is 21.3 Å². The van der Waals surface area contributed by atoms with Gasteiger partial charge in [-0.15, -0.1) is 0 Å². The summed E-state index contributed by atoms with van der Waals surface area (Å²) in [6.45, 7) is 0.184. The Hall–Kier alpha value is -0.580. The highest BCUT2D eigenvalue weighted by Crippen LogP contribution is 2.37. The molecule has 0 saturated carbocycles. The first-order chi connectivity index (χ1) is 10.0. The van der Waals surface area contributed by atoms with Gasteiger partial charge < -0.3 is 23.7 Å². The van der Waals surface area contributed by atoms with Crippen molar-refractivity contribution in [2.24, 2.45) is 0 Å². The van der Waals surface area contributed by atoms with E-state index < -0.39 is 10.8 Å². The lowest BCUT2D eigenvalue weighted by atomic mass is 10.1. The monoisotopic (exact) mass is 474 g/mol. The van der Waals surface area contributed by atoms with Gasteiger partial charge in [0, 0.05) is 20.3 Å². The second-order valence-electron chi connectivity index (χ2n) is 3.81. The number of halogens is 2. The van der Waals surface area contributed by atoms with Crippen LogP contribution in [-0.2, 0) is 19.0 Å². The highest BCUT2D eigenvalue weighted by atomic mass is 127. The number of hydrogen-bond acceptors (Lipinski definition) is 6. The Bertz CT molecular complexity index is 482. The molecule has 6 nitrogen and oxygen atoms in total. The minimum Gasteiger partial charge on any atom is -0.468 e. The predicted molar refractivity (Wildman–Crippen MR) is 87.9 cm³/mol. The summed E-state index contributed by atoms with van der Waals surface area (Å²) in [5.74, 6) is 0.663. The Morgan fingerprint density at radius 3 is 2.38 bits per heavy atom. The van der Waals surface area contributed by atoms with Crippen LogP contribution in [0.1, 0.15) is 10.4 Å². The number of benzene rings is 1. The number of methoxy groups -OCH3 is 3. The molecular weight excluding hydrogens is 459 g/mol. The molecule has 0 bridgehead atoms. The third kappa shape index (κ3) is 5.28. The standard InChI is InChI=1S/C13H16BrIO6/c1-17-6-20-8-4-9(11(14)13(16)19-3)12(15)10(5-8)21-7-18-2/h4-5,11H,6-7H2,1-3H3. The van der Waals surface area contributed by atoms with Crippen LogP contribution in [0.25, 0.3) is 0 Å². The van der Waals surface area contributed by atoms with Crippen LogP contribution in [0.15, 0.2) is 12.1 Å². The molecule has 0 N–H and O–H groups in total. The Labute approximate surface area is 145 Å². The van der Waals surface area contributed by atoms with Gasteiger partial charge in [-0.1, -0.05) is 15.9 Å². The molecule has 118 valence electrons. The third-order valence-corrected chi connectivity index (χ3v) is 4.42. The van der Waals surface area contributed by atoms with Crippen LogP contribution in [0.3, 0.4) is 0 Å². The average Bonchev–Trinajstić information content (AvgIpc) is 2.50. The number of esters is 1. The molecule has 0 aliphatic rings. The van der Waals surface area contributed by atoms with Crippen LogP contribution in [0.5, 0.6) is 11.5 Å². The van der Waals surface area contributed by atoms with E-state index in [2.05, 4.69) is 38.5 Å². The molecule has 1 aromatic carbocycles. The lowest BCUT2D eigenvalue weighted by Crippen LogP contribution is -2.11. The van der Waals surface area contributed by atoms with Gasteiger partial charge in [0.1, 0.15) is 16.3 Å². The summed E-state index contributed by atoms with van der Waals surface area (Å²) in [5.41, 5.74) is 0.683. The van der Waals surface area contributed by atoms with Gasteiger partial charge in [-0.05, 0) is 34.2 Å². The molecule has 0 aliphatic carbocycles. The van der Waals surface area contributed by atoms with Crippen molar-refractivity contribution in [3.63, 3.8) is 0 Å². The zero-order valence-corrected chi connectivity index (χ0v) is 15.6. The molecular formula is C13H16BrIO6. The molecule has 0 saturated heterocycles. The van der Waals surface area contributed by atoms with E-state index in [0.717, 1.165) is 3.57 Å². The maximum absolute atomic E-state index is 11.7. The summed E-state index contributed by atoms with van der Waals surface area (Å²) in [7, 11) is 4.38. The van der Waals surface area contributed by atoms with Crippen molar-refractivity contribution >= 4 is 44.5 Å². The molecule has 0 heterocycles. The van der Waals surface area contributed by atoms with E-state index in [1.807, 2.05) is 0 Å². The van der Waals surface area contributed by atoms with Crippen LogP contribution < -0.4 is 9.47 Å². The van der Waals surface area contributed by atoms with E-state index in [4.69, 9.17) is 23.7 Å². The van der Waals surface area contributed by atoms with Crippen LogP contribution in [0.4, 0.5) is 0 Å². The first-order valence-corrected chi connectivity index (χ1v) is 7.83. The Morgan fingerprint density at radius 1 is 1.19 bits per heavy atom. The van der Waals surface area contributed by atoms with Crippen molar-refractivity contribution in [1.82, 2.24) is 0 Å². The SMILES string of the molecule is COCOc1cc(OCOC)c(I)c(C(Br)C(=O)OC)c1. The zero-order valence-electron chi connectivity index (χ0n) is 11.9. The Kier molecular flexibility index (Phi) is 8.30. The smallest absolute Gasteiger partial charge is 0.324 e. The molecule has 0 amide bonds. The lowest BCUT2D eigenvalue weighted by Gasteiger charge is -2.16. The van der Waals surface area contributed by atoms with Crippen molar-refractivity contribution in [2.45, 2.75) is 4.83 Å². The molecule has 1 atom stereocenters. The quantitative estimate of drug-likeness (QED) is 0.250. The van der Waals surface area contributed by atoms with Crippen molar-refractivity contribution in [1.29, 1.82) is 0 Å². The highest BCUT2D eigenvalue weighted by molar-refractivity contribution is 14.1. The molecule has 0 aliphatic heterocycles. The third-order valence-electron chi connectivity index (χ3n) is 2.40. The number of hydrogen-bond donors (Lipinski definition) is 0. The highest BCUT2D eigenvalue weighted by Gasteiger charge is 2.23. The molecule has 0 radical (unpaired) electrons. The van der Waals surface area contributed by atoms with E-state index in [9.17, 15) is 4.79 Å². The maximum atomic E-state index is 11.7. The van der Waals surface area contributed by atoms with Gasteiger partial charge in [-0.3, -0.25) is 4.79 Å². The molecule has 0 aromatic heterocycles. The minimum absolute atomic E-state index is 0.0916. The topological polar surface area (TPSA) is 63.2 Å². The first-order valence-electron chi connectivity index (χ1n) is 5.84. The molecule has 1 rings (SSSR count). The summed E-state index contributed by atoms with van der Waals surface area (Å²) in [4.78, 5) is 11.1. The van der Waals surface area contributed by atoms with E-state index in [0.29, 0.717) is 17.1 Å². The van der Waals surface area contributed by atoms with Crippen LogP contribution in [-0.4, -0.2) is 40.9 Å². The molecule has 1 aromatic rings. The van der Waals surface area contributed by atoms with Crippen LogP contribution >= 0.6 is 38.5 Å². The summed E-state index contributed by atoms with van der Waals surface area (Å²) in [6.07, 6.45) is 0. The molecule has 0 fully saturated rings. The fourth-order valence-electron chi connectivity index (χ4n) is 1.45. The van der Waals surface area contributed by atoms with Gasteiger partial charge in [0.25, 0.3) is 0 Å². The van der Waals surface area contributed by atoms with E-state index in [-0.39, 0.29) is 13.6 Å². The second-order valence-corrected chi connectivity index (χ2v) is 5.81. The van der Waals surface area contributed by atoms with Crippen molar-refractivity contribution in [3.05, 3.63) is 21.3 Å². The van der Waals surface area contributed by atoms with Crippen molar-refractivity contribution < 1.29 is 28.5 Å². The van der Waals surface area contributed by atoms with Crippen molar-refractivity contribution in [2.75, 3.05) is 34.9 Å². The number of ether oxygens (including phenoxy) is 5. The van der Waals surface area contributed by atoms with Crippen LogP contribution in [0.2, 0.25) is 0 Å². The van der Waals surface area contributed by atoms with Crippen molar-refractivity contribution in [3.8, 4) is 11.5 Å². The Morgan fingerprint density at radius 2 is 1.81 bits per heavy atom. The zero-order chi connectivity index (χ0) is 15.8. The Balaban J connectivity index is 3.16. The molecule has 0 spiro atoms. The summed E-state index contributed by atoms with van der Waals surface area (Å²) >= 11 is 5.41. The number of rotatable bonds is 8. The summed E-state index contributed by atoms with van der Waals surface area (Å²) < 4.78 is 26.2. The largest absolute Gasteiger partial charge is 0.468 e.